The van der Waals surface area contributed by atoms with Crippen molar-refractivity contribution in [3.8, 4) is 0 Å². The number of nitrogens with two attached hydrogens (primary N) is 1. The largest absolute Gasteiger partial charge is 0.481 e. The number of carboxylic acid groups (broad SMARTS) is 1. The average Bonchev–Trinajstić information content (AvgIpc) is 2.74. The van der Waals surface area contributed by atoms with Gasteiger partial charge in [0.2, 0.25) is 0 Å². The van der Waals surface area contributed by atoms with E-state index >= 15 is 0 Å². The maximum absolute atomic E-state index is 14.0. The lowest BCUT2D eigenvalue weighted by Crippen LogP contribution is -2.30. The van der Waals surface area contributed by atoms with Crippen LogP contribution in [0.4, 0.5) is 4.39 Å². The van der Waals surface area contributed by atoms with Crippen LogP contribution in [-0.2, 0) is 4.79 Å². The minimum absolute atomic E-state index is 0.0440. The molecule has 3 nitrogen and oxygen atoms in total. The molecule has 0 bridgehead atoms. The molecular formula is C12H20FNO2. The Bertz CT molecular complexity index is 301. The molecule has 0 saturated heterocycles. The maximum atomic E-state index is 14.0. The number of aliphatic carboxylic acids is 1. The minimum Gasteiger partial charge on any atom is -0.481 e. The van der Waals surface area contributed by atoms with Crippen molar-refractivity contribution in [3.63, 3.8) is 0 Å². The zero-order valence-electron chi connectivity index (χ0n) is 9.87. The SMILES string of the molecule is CCC(C)C(N)C(F)=C1CCCC1C(=O)O. The Kier molecular flexibility index (Phi) is 4.47. The first-order valence-corrected chi connectivity index (χ1v) is 5.85. The van der Waals surface area contributed by atoms with Crippen molar-refractivity contribution in [1.82, 2.24) is 0 Å². The molecule has 1 fully saturated rings. The highest BCUT2D eigenvalue weighted by molar-refractivity contribution is 5.74. The molecule has 1 rings (SSSR count). The van der Waals surface area contributed by atoms with E-state index in [-0.39, 0.29) is 11.7 Å². The molecule has 0 aromatic rings. The van der Waals surface area contributed by atoms with Crippen molar-refractivity contribution >= 4 is 5.97 Å². The van der Waals surface area contributed by atoms with E-state index in [1.54, 1.807) is 0 Å². The van der Waals surface area contributed by atoms with Crippen LogP contribution in [0.15, 0.2) is 11.4 Å². The zero-order chi connectivity index (χ0) is 12.3. The van der Waals surface area contributed by atoms with Gasteiger partial charge in [-0.25, -0.2) is 4.39 Å². The Labute approximate surface area is 95.5 Å². The normalized spacial score (nSPS) is 27.6. The molecule has 0 radical (unpaired) electrons. The van der Waals surface area contributed by atoms with Crippen molar-refractivity contribution in [3.05, 3.63) is 11.4 Å². The zero-order valence-corrected chi connectivity index (χ0v) is 9.87. The smallest absolute Gasteiger partial charge is 0.310 e. The third-order valence-electron chi connectivity index (χ3n) is 3.51. The fourth-order valence-corrected chi connectivity index (χ4v) is 2.12. The number of rotatable bonds is 4. The summed E-state index contributed by atoms with van der Waals surface area (Å²) in [6.45, 7) is 3.83. The fourth-order valence-electron chi connectivity index (χ4n) is 2.12. The molecule has 16 heavy (non-hydrogen) atoms. The molecule has 0 aromatic heterocycles. The second-order valence-corrected chi connectivity index (χ2v) is 4.57. The minimum atomic E-state index is -0.931. The summed E-state index contributed by atoms with van der Waals surface area (Å²) in [6, 6.07) is -0.653. The molecule has 1 aliphatic carbocycles. The van der Waals surface area contributed by atoms with Crippen LogP contribution >= 0.6 is 0 Å². The van der Waals surface area contributed by atoms with Crippen LogP contribution < -0.4 is 5.73 Å². The molecule has 0 aromatic carbocycles. The van der Waals surface area contributed by atoms with Crippen molar-refractivity contribution < 1.29 is 14.3 Å². The highest BCUT2D eigenvalue weighted by Gasteiger charge is 2.32. The van der Waals surface area contributed by atoms with E-state index in [2.05, 4.69) is 0 Å². The van der Waals surface area contributed by atoms with E-state index in [1.165, 1.54) is 0 Å². The highest BCUT2D eigenvalue weighted by atomic mass is 19.1. The lowest BCUT2D eigenvalue weighted by Gasteiger charge is -2.19. The summed E-state index contributed by atoms with van der Waals surface area (Å²) < 4.78 is 14.0. The highest BCUT2D eigenvalue weighted by Crippen LogP contribution is 2.35. The summed E-state index contributed by atoms with van der Waals surface area (Å²) in [4.78, 5) is 10.9. The fraction of sp³-hybridized carbons (Fsp3) is 0.750. The van der Waals surface area contributed by atoms with E-state index < -0.39 is 17.9 Å². The van der Waals surface area contributed by atoms with Gasteiger partial charge in [-0.05, 0) is 30.8 Å². The standard InChI is InChI=1S/C12H20FNO2/c1-3-7(2)11(14)10(13)8-5-4-6-9(8)12(15)16/h7,9,11H,3-6,14H2,1-2H3,(H,15,16). The average molecular weight is 229 g/mol. The number of hydrogen-bond acceptors (Lipinski definition) is 2. The first-order chi connectivity index (χ1) is 7.49. The molecule has 3 atom stereocenters. The van der Waals surface area contributed by atoms with Crippen molar-refractivity contribution in [2.75, 3.05) is 0 Å². The van der Waals surface area contributed by atoms with Crippen LogP contribution in [0.1, 0.15) is 39.5 Å². The van der Waals surface area contributed by atoms with E-state index in [4.69, 9.17) is 10.8 Å². The van der Waals surface area contributed by atoms with Gasteiger partial charge in [0.25, 0.3) is 0 Å². The van der Waals surface area contributed by atoms with Crippen LogP contribution in [0.2, 0.25) is 0 Å². The third kappa shape index (κ3) is 2.61. The summed E-state index contributed by atoms with van der Waals surface area (Å²) >= 11 is 0. The molecule has 3 N–H and O–H groups in total. The van der Waals surface area contributed by atoms with Gasteiger partial charge in [-0.1, -0.05) is 20.3 Å². The van der Waals surface area contributed by atoms with Gasteiger partial charge in [-0.15, -0.1) is 0 Å². The number of carboxylic acids is 1. The van der Waals surface area contributed by atoms with Crippen LogP contribution in [0, 0.1) is 11.8 Å². The van der Waals surface area contributed by atoms with Crippen LogP contribution in [-0.4, -0.2) is 17.1 Å². The number of halogens is 1. The Morgan fingerprint density at radius 2 is 2.31 bits per heavy atom. The monoisotopic (exact) mass is 229 g/mol. The van der Waals surface area contributed by atoms with Crippen molar-refractivity contribution in [2.45, 2.75) is 45.6 Å². The van der Waals surface area contributed by atoms with Gasteiger partial charge in [0.1, 0.15) is 5.83 Å². The second-order valence-electron chi connectivity index (χ2n) is 4.57. The van der Waals surface area contributed by atoms with E-state index in [0.29, 0.717) is 18.4 Å². The molecule has 0 spiro atoms. The predicted molar refractivity (Wildman–Crippen MR) is 60.5 cm³/mol. The van der Waals surface area contributed by atoms with Crippen molar-refractivity contribution in [2.24, 2.45) is 17.6 Å². The summed E-state index contributed by atoms with van der Waals surface area (Å²) in [5.41, 5.74) is 6.20. The first-order valence-electron chi connectivity index (χ1n) is 5.85. The molecule has 4 heteroatoms. The van der Waals surface area contributed by atoms with Crippen molar-refractivity contribution in [1.29, 1.82) is 0 Å². The second kappa shape index (κ2) is 5.43. The van der Waals surface area contributed by atoms with E-state index in [9.17, 15) is 9.18 Å². The van der Waals surface area contributed by atoms with E-state index in [1.807, 2.05) is 13.8 Å². The molecule has 0 aliphatic heterocycles. The molecule has 0 amide bonds. The van der Waals surface area contributed by atoms with Gasteiger partial charge < -0.3 is 10.8 Å². The first kappa shape index (κ1) is 13.2. The Hall–Kier alpha value is -0.900. The number of hydrogen-bond donors (Lipinski definition) is 2. The van der Waals surface area contributed by atoms with E-state index in [0.717, 1.165) is 12.8 Å². The molecular weight excluding hydrogens is 209 g/mol. The van der Waals surface area contributed by atoms with Crippen LogP contribution in [0.25, 0.3) is 0 Å². The molecule has 1 aliphatic rings. The lowest BCUT2D eigenvalue weighted by atomic mass is 9.93. The van der Waals surface area contributed by atoms with Gasteiger partial charge >= 0.3 is 5.97 Å². The van der Waals surface area contributed by atoms with Gasteiger partial charge in [-0.2, -0.15) is 0 Å². The van der Waals surface area contributed by atoms with Crippen LogP contribution in [0.5, 0.6) is 0 Å². The summed E-state index contributed by atoms with van der Waals surface area (Å²) in [6.07, 6.45) is 2.60. The topological polar surface area (TPSA) is 63.3 Å². The summed E-state index contributed by atoms with van der Waals surface area (Å²) in [5, 5.41) is 8.97. The Balaban J connectivity index is 2.90. The van der Waals surface area contributed by atoms with Gasteiger partial charge in [-0.3, -0.25) is 4.79 Å². The Morgan fingerprint density at radius 1 is 1.69 bits per heavy atom. The lowest BCUT2D eigenvalue weighted by molar-refractivity contribution is -0.140. The van der Waals surface area contributed by atoms with Gasteiger partial charge in [0.15, 0.2) is 0 Å². The number of carbonyl (C=O) groups is 1. The predicted octanol–water partition coefficient (Wildman–Crippen LogP) is 2.47. The third-order valence-corrected chi connectivity index (χ3v) is 3.51. The van der Waals surface area contributed by atoms with Gasteiger partial charge in [0.05, 0.1) is 12.0 Å². The van der Waals surface area contributed by atoms with Crippen LogP contribution in [0.3, 0.4) is 0 Å². The summed E-state index contributed by atoms with van der Waals surface area (Å²) in [5.74, 6) is -1.93. The molecule has 0 heterocycles. The van der Waals surface area contributed by atoms with Gasteiger partial charge in [0, 0.05) is 0 Å². The molecule has 1 saturated carbocycles. The molecule has 92 valence electrons. The quantitative estimate of drug-likeness (QED) is 0.778. The molecule has 3 unspecified atom stereocenters. The summed E-state index contributed by atoms with van der Waals surface area (Å²) in [7, 11) is 0. The maximum Gasteiger partial charge on any atom is 0.310 e. The Morgan fingerprint density at radius 3 is 2.81 bits per heavy atom.